The van der Waals surface area contributed by atoms with E-state index >= 15 is 0 Å². The van der Waals surface area contributed by atoms with E-state index < -0.39 is 21.8 Å². The molecule has 0 aliphatic rings. The van der Waals surface area contributed by atoms with Crippen LogP contribution in [0, 0.1) is 27.2 Å². The van der Waals surface area contributed by atoms with E-state index in [1.807, 2.05) is 0 Å². The van der Waals surface area contributed by atoms with Crippen molar-refractivity contribution < 1.29 is 19.4 Å². The fourth-order valence-electron chi connectivity index (χ4n) is 2.10. The summed E-state index contributed by atoms with van der Waals surface area (Å²) in [5.41, 5.74) is 0.0645. The largest absolute Gasteiger partial charge is 0.494 e. The Labute approximate surface area is 141 Å². The number of aryl methyl sites for hydroxylation is 1. The second kappa shape index (κ2) is 6.95. The maximum atomic E-state index is 12.4. The molecule has 0 fully saturated rings. The number of hydrogen-bond donors (Lipinski definition) is 1. The summed E-state index contributed by atoms with van der Waals surface area (Å²) in [5.74, 6) is -0.387. The molecule has 1 heterocycles. The van der Waals surface area contributed by atoms with Gasteiger partial charge < -0.3 is 10.1 Å². The molecular formula is C14H15N5O6. The van der Waals surface area contributed by atoms with Gasteiger partial charge in [-0.25, -0.2) is 0 Å². The number of amides is 1. The molecule has 25 heavy (non-hydrogen) atoms. The van der Waals surface area contributed by atoms with E-state index in [1.165, 1.54) is 50.0 Å². The number of nitrogens with zero attached hydrogens (tertiary/aromatic N) is 4. The molecule has 2 rings (SSSR count). The topological polar surface area (TPSA) is 142 Å². The van der Waals surface area contributed by atoms with Crippen molar-refractivity contribution in [3.05, 3.63) is 50.3 Å². The van der Waals surface area contributed by atoms with Gasteiger partial charge in [-0.3, -0.25) is 29.7 Å². The fraction of sp³-hybridized carbons (Fsp3) is 0.286. The molecule has 0 radical (unpaired) electrons. The molecule has 2 aromatic rings. The lowest BCUT2D eigenvalue weighted by Crippen LogP contribution is -2.24. The van der Waals surface area contributed by atoms with Gasteiger partial charge in [0.15, 0.2) is 0 Å². The zero-order valence-electron chi connectivity index (χ0n) is 13.6. The highest BCUT2D eigenvalue weighted by atomic mass is 16.6. The number of benzene rings is 1. The molecule has 0 saturated carbocycles. The van der Waals surface area contributed by atoms with E-state index in [2.05, 4.69) is 10.4 Å². The van der Waals surface area contributed by atoms with Crippen molar-refractivity contribution in [2.24, 2.45) is 0 Å². The van der Waals surface area contributed by atoms with Crippen LogP contribution < -0.4 is 10.1 Å². The molecule has 1 N–H and O–H groups in total. The van der Waals surface area contributed by atoms with Gasteiger partial charge in [-0.1, -0.05) is 0 Å². The first-order valence-electron chi connectivity index (χ1n) is 7.08. The predicted molar refractivity (Wildman–Crippen MR) is 86.6 cm³/mol. The normalized spacial score (nSPS) is 11.6. The van der Waals surface area contributed by atoms with Gasteiger partial charge in [0.2, 0.25) is 5.91 Å². The Hall–Kier alpha value is -3.50. The third-order valence-electron chi connectivity index (χ3n) is 3.52. The molecule has 1 aromatic heterocycles. The van der Waals surface area contributed by atoms with Crippen LogP contribution in [0.25, 0.3) is 0 Å². The van der Waals surface area contributed by atoms with Gasteiger partial charge in [-0.2, -0.15) is 5.10 Å². The summed E-state index contributed by atoms with van der Waals surface area (Å²) in [7, 11) is 1.32. The molecule has 0 saturated heterocycles. The zero-order chi connectivity index (χ0) is 18.7. The SMILES string of the molecule is COc1cc([N+](=O)[O-])ccc1NC(=O)C(C)n1cc([N+](=O)[O-])c(C)n1. The Morgan fingerprint density at radius 1 is 1.32 bits per heavy atom. The van der Waals surface area contributed by atoms with E-state index in [4.69, 9.17) is 4.74 Å². The number of anilines is 1. The van der Waals surface area contributed by atoms with Crippen molar-refractivity contribution in [3.63, 3.8) is 0 Å². The van der Waals surface area contributed by atoms with E-state index in [1.54, 1.807) is 0 Å². The summed E-state index contributed by atoms with van der Waals surface area (Å²) in [6, 6.07) is 2.92. The number of carbonyl (C=O) groups excluding carboxylic acids is 1. The Morgan fingerprint density at radius 3 is 2.52 bits per heavy atom. The van der Waals surface area contributed by atoms with Crippen LogP contribution in [0.5, 0.6) is 5.75 Å². The maximum Gasteiger partial charge on any atom is 0.309 e. The van der Waals surface area contributed by atoms with Crippen molar-refractivity contribution in [1.29, 1.82) is 0 Å². The second-order valence-electron chi connectivity index (χ2n) is 5.14. The van der Waals surface area contributed by atoms with Crippen LogP contribution in [-0.4, -0.2) is 32.6 Å². The highest BCUT2D eigenvalue weighted by Crippen LogP contribution is 2.29. The van der Waals surface area contributed by atoms with Gasteiger partial charge in [0.25, 0.3) is 5.69 Å². The van der Waals surface area contributed by atoms with Crippen LogP contribution in [0.15, 0.2) is 24.4 Å². The quantitative estimate of drug-likeness (QED) is 0.622. The lowest BCUT2D eigenvalue weighted by Gasteiger charge is -2.14. The number of rotatable bonds is 6. The monoisotopic (exact) mass is 349 g/mol. The first-order valence-corrected chi connectivity index (χ1v) is 7.08. The third-order valence-corrected chi connectivity index (χ3v) is 3.52. The van der Waals surface area contributed by atoms with E-state index in [-0.39, 0.29) is 28.5 Å². The van der Waals surface area contributed by atoms with Gasteiger partial charge >= 0.3 is 5.69 Å². The Kier molecular flexibility index (Phi) is 4.96. The Morgan fingerprint density at radius 2 is 2.00 bits per heavy atom. The summed E-state index contributed by atoms with van der Waals surface area (Å²) in [6.07, 6.45) is 1.17. The molecule has 11 heteroatoms. The third kappa shape index (κ3) is 3.71. The van der Waals surface area contributed by atoms with Gasteiger partial charge in [0, 0.05) is 6.07 Å². The number of nitrogens with one attached hydrogen (secondary N) is 1. The summed E-state index contributed by atoms with van der Waals surface area (Å²) in [4.78, 5) is 32.8. The Balaban J connectivity index is 2.23. The number of ether oxygens (including phenoxy) is 1. The Bertz CT molecular complexity index is 846. The number of nitro benzene ring substituents is 1. The van der Waals surface area contributed by atoms with Crippen LogP contribution in [0.2, 0.25) is 0 Å². The molecule has 0 aliphatic heterocycles. The molecule has 1 atom stereocenters. The summed E-state index contributed by atoms with van der Waals surface area (Å²) < 4.78 is 6.23. The van der Waals surface area contributed by atoms with Crippen molar-refractivity contribution in [2.75, 3.05) is 12.4 Å². The summed E-state index contributed by atoms with van der Waals surface area (Å²) in [5, 5.41) is 28.2. The summed E-state index contributed by atoms with van der Waals surface area (Å²) in [6.45, 7) is 2.99. The van der Waals surface area contributed by atoms with Crippen LogP contribution in [0.1, 0.15) is 18.7 Å². The van der Waals surface area contributed by atoms with E-state index in [0.29, 0.717) is 0 Å². The average molecular weight is 349 g/mol. The van der Waals surface area contributed by atoms with Crippen LogP contribution in [0.3, 0.4) is 0 Å². The van der Waals surface area contributed by atoms with Crippen molar-refractivity contribution >= 4 is 23.0 Å². The van der Waals surface area contributed by atoms with E-state index in [0.717, 1.165) is 0 Å². The smallest absolute Gasteiger partial charge is 0.309 e. The highest BCUT2D eigenvalue weighted by molar-refractivity contribution is 5.95. The molecule has 132 valence electrons. The molecule has 11 nitrogen and oxygen atoms in total. The number of aromatic nitrogens is 2. The molecule has 0 aliphatic carbocycles. The zero-order valence-corrected chi connectivity index (χ0v) is 13.6. The molecular weight excluding hydrogens is 334 g/mol. The predicted octanol–water partition coefficient (Wildman–Crippen LogP) is 2.22. The number of hydrogen-bond acceptors (Lipinski definition) is 7. The van der Waals surface area contributed by atoms with Gasteiger partial charge in [-0.05, 0) is 19.9 Å². The van der Waals surface area contributed by atoms with Gasteiger partial charge in [0.05, 0.1) is 28.7 Å². The standard InChI is InChI=1S/C14H15N5O6/c1-8-12(19(23)24)7-17(16-8)9(2)14(20)15-11-5-4-10(18(21)22)6-13(11)25-3/h4-7,9H,1-3H3,(H,15,20). The molecule has 1 amide bonds. The number of non-ortho nitro benzene ring substituents is 1. The van der Waals surface area contributed by atoms with Crippen LogP contribution in [0.4, 0.5) is 17.1 Å². The van der Waals surface area contributed by atoms with Crippen LogP contribution >= 0.6 is 0 Å². The fourth-order valence-corrected chi connectivity index (χ4v) is 2.10. The number of carbonyl (C=O) groups is 1. The number of methoxy groups -OCH3 is 1. The summed E-state index contributed by atoms with van der Waals surface area (Å²) >= 11 is 0. The lowest BCUT2D eigenvalue weighted by atomic mass is 10.2. The number of nitro groups is 2. The molecule has 0 spiro atoms. The molecule has 1 aromatic carbocycles. The average Bonchev–Trinajstić information content (AvgIpc) is 2.96. The molecule has 0 bridgehead atoms. The lowest BCUT2D eigenvalue weighted by molar-refractivity contribution is -0.385. The first-order chi connectivity index (χ1) is 11.7. The van der Waals surface area contributed by atoms with Crippen molar-refractivity contribution in [2.45, 2.75) is 19.9 Å². The first kappa shape index (κ1) is 17.8. The van der Waals surface area contributed by atoms with Crippen molar-refractivity contribution in [3.8, 4) is 5.75 Å². The van der Waals surface area contributed by atoms with Crippen molar-refractivity contribution in [1.82, 2.24) is 9.78 Å². The second-order valence-corrected chi connectivity index (χ2v) is 5.14. The minimum absolute atomic E-state index is 0.123. The van der Waals surface area contributed by atoms with Gasteiger partial charge in [0.1, 0.15) is 23.7 Å². The highest BCUT2D eigenvalue weighted by Gasteiger charge is 2.23. The maximum absolute atomic E-state index is 12.4. The van der Waals surface area contributed by atoms with Crippen LogP contribution in [-0.2, 0) is 4.79 Å². The van der Waals surface area contributed by atoms with E-state index in [9.17, 15) is 25.0 Å². The van der Waals surface area contributed by atoms with Gasteiger partial charge in [-0.15, -0.1) is 0 Å². The molecule has 1 unspecified atom stereocenters. The minimum atomic E-state index is -0.840. The minimum Gasteiger partial charge on any atom is -0.494 e.